The number of hydrogen-bond donors (Lipinski definition) is 0. The van der Waals surface area contributed by atoms with Gasteiger partial charge in [0.1, 0.15) is 17.1 Å². The van der Waals surface area contributed by atoms with E-state index < -0.39 is 5.97 Å². The first kappa shape index (κ1) is 12.5. The summed E-state index contributed by atoms with van der Waals surface area (Å²) in [7, 11) is 1.32. The van der Waals surface area contributed by atoms with E-state index in [1.165, 1.54) is 7.11 Å². The normalized spacial score (nSPS) is 9.89. The van der Waals surface area contributed by atoms with Gasteiger partial charge in [0.25, 0.3) is 0 Å². The molecular formula is C14H11ClO3. The largest absolute Gasteiger partial charge is 0.465 e. The molecule has 0 atom stereocenters. The smallest absolute Gasteiger partial charge is 0.341 e. The number of halogens is 1. The molecule has 0 saturated carbocycles. The topological polar surface area (TPSA) is 35.5 Å². The Hall–Kier alpha value is -2.00. The molecular weight excluding hydrogens is 252 g/mol. The number of para-hydroxylation sites is 1. The molecule has 0 bridgehead atoms. The van der Waals surface area contributed by atoms with Gasteiger partial charge in [-0.25, -0.2) is 4.79 Å². The Balaban J connectivity index is 2.36. The molecule has 0 aromatic heterocycles. The Morgan fingerprint density at radius 3 is 2.50 bits per heavy atom. The maximum absolute atomic E-state index is 11.6. The quantitative estimate of drug-likeness (QED) is 0.787. The zero-order valence-corrected chi connectivity index (χ0v) is 10.5. The van der Waals surface area contributed by atoms with Crippen molar-refractivity contribution in [3.05, 3.63) is 59.1 Å². The Morgan fingerprint density at radius 2 is 1.83 bits per heavy atom. The molecule has 0 aliphatic heterocycles. The van der Waals surface area contributed by atoms with E-state index in [-0.39, 0.29) is 0 Å². The fourth-order valence-electron chi connectivity index (χ4n) is 1.47. The number of methoxy groups -OCH3 is 1. The highest BCUT2D eigenvalue weighted by atomic mass is 35.5. The first-order valence-electron chi connectivity index (χ1n) is 5.31. The second-order valence-electron chi connectivity index (χ2n) is 3.55. The van der Waals surface area contributed by atoms with E-state index in [1.807, 2.05) is 18.2 Å². The van der Waals surface area contributed by atoms with E-state index in [4.69, 9.17) is 21.1 Å². The minimum absolute atomic E-state index is 0.339. The summed E-state index contributed by atoms with van der Waals surface area (Å²) in [5.74, 6) is 0.545. The van der Waals surface area contributed by atoms with E-state index in [9.17, 15) is 4.79 Å². The third-order valence-corrected chi connectivity index (χ3v) is 2.56. The molecule has 3 nitrogen and oxygen atoms in total. The van der Waals surface area contributed by atoms with E-state index in [0.717, 1.165) is 0 Å². The summed E-state index contributed by atoms with van der Waals surface area (Å²) in [5, 5.41) is 0.494. The summed E-state index contributed by atoms with van der Waals surface area (Å²) in [4.78, 5) is 11.6. The number of benzene rings is 2. The van der Waals surface area contributed by atoms with Crippen LogP contribution >= 0.6 is 11.6 Å². The molecule has 2 aromatic carbocycles. The molecule has 0 saturated heterocycles. The Bertz CT molecular complexity index is 552. The Kier molecular flexibility index (Phi) is 3.85. The zero-order valence-electron chi connectivity index (χ0n) is 9.72. The van der Waals surface area contributed by atoms with Crippen molar-refractivity contribution in [3.8, 4) is 11.5 Å². The fraction of sp³-hybridized carbons (Fsp3) is 0.0714. The average Bonchev–Trinajstić information content (AvgIpc) is 2.39. The standard InChI is InChI=1S/C14H11ClO3/c1-17-14(16)12-8-7-10(15)9-13(12)18-11-5-3-2-4-6-11/h2-9H,1H3. The van der Waals surface area contributed by atoms with Crippen LogP contribution in [0.2, 0.25) is 5.02 Å². The summed E-state index contributed by atoms with van der Waals surface area (Å²) in [6.07, 6.45) is 0. The van der Waals surface area contributed by atoms with Gasteiger partial charge in [0, 0.05) is 11.1 Å². The van der Waals surface area contributed by atoms with E-state index >= 15 is 0 Å². The number of carbonyl (C=O) groups is 1. The minimum Gasteiger partial charge on any atom is -0.465 e. The highest BCUT2D eigenvalue weighted by molar-refractivity contribution is 6.30. The summed E-state index contributed by atoms with van der Waals surface area (Å²) in [5.41, 5.74) is 0.339. The molecule has 0 fully saturated rings. The fourth-order valence-corrected chi connectivity index (χ4v) is 1.64. The average molecular weight is 263 g/mol. The molecule has 4 heteroatoms. The van der Waals surface area contributed by atoms with Crippen LogP contribution in [0, 0.1) is 0 Å². The van der Waals surface area contributed by atoms with Crippen LogP contribution in [0.5, 0.6) is 11.5 Å². The van der Waals surface area contributed by atoms with Crippen molar-refractivity contribution in [2.75, 3.05) is 7.11 Å². The van der Waals surface area contributed by atoms with Crippen LogP contribution in [0.25, 0.3) is 0 Å². The lowest BCUT2D eigenvalue weighted by Gasteiger charge is -2.10. The predicted octanol–water partition coefficient (Wildman–Crippen LogP) is 3.92. The van der Waals surface area contributed by atoms with Crippen molar-refractivity contribution >= 4 is 17.6 Å². The first-order chi connectivity index (χ1) is 8.70. The van der Waals surface area contributed by atoms with Gasteiger partial charge in [-0.2, -0.15) is 0 Å². The molecule has 0 amide bonds. The van der Waals surface area contributed by atoms with Gasteiger partial charge < -0.3 is 9.47 Å². The van der Waals surface area contributed by atoms with Gasteiger partial charge in [0.2, 0.25) is 0 Å². The molecule has 0 aliphatic carbocycles. The van der Waals surface area contributed by atoms with Crippen molar-refractivity contribution in [1.29, 1.82) is 0 Å². The molecule has 2 aromatic rings. The summed E-state index contributed by atoms with van der Waals surface area (Å²) >= 11 is 5.90. The van der Waals surface area contributed by atoms with Gasteiger partial charge in [0.15, 0.2) is 0 Å². The number of hydrogen-bond acceptors (Lipinski definition) is 3. The van der Waals surface area contributed by atoms with Gasteiger partial charge in [0.05, 0.1) is 7.11 Å². The van der Waals surface area contributed by atoms with Gasteiger partial charge in [-0.05, 0) is 24.3 Å². The van der Waals surface area contributed by atoms with Crippen LogP contribution in [0.15, 0.2) is 48.5 Å². The van der Waals surface area contributed by atoms with Crippen molar-refractivity contribution in [2.24, 2.45) is 0 Å². The van der Waals surface area contributed by atoms with E-state index in [1.54, 1.807) is 30.3 Å². The second kappa shape index (κ2) is 5.56. The zero-order chi connectivity index (χ0) is 13.0. The Labute approximate surface area is 110 Å². The first-order valence-corrected chi connectivity index (χ1v) is 5.69. The lowest BCUT2D eigenvalue weighted by Crippen LogP contribution is -2.03. The third-order valence-electron chi connectivity index (χ3n) is 2.32. The molecule has 0 aliphatic rings. The molecule has 2 rings (SSSR count). The minimum atomic E-state index is -0.461. The van der Waals surface area contributed by atoms with Crippen LogP contribution in [0.4, 0.5) is 0 Å². The van der Waals surface area contributed by atoms with Crippen molar-refractivity contribution in [3.63, 3.8) is 0 Å². The number of ether oxygens (including phenoxy) is 2. The third kappa shape index (κ3) is 2.81. The summed E-state index contributed by atoms with van der Waals surface area (Å²) in [6.45, 7) is 0. The number of rotatable bonds is 3. The molecule has 0 heterocycles. The van der Waals surface area contributed by atoms with Crippen LogP contribution in [0.1, 0.15) is 10.4 Å². The van der Waals surface area contributed by atoms with Crippen molar-refractivity contribution < 1.29 is 14.3 Å². The predicted molar refractivity (Wildman–Crippen MR) is 69.3 cm³/mol. The van der Waals surface area contributed by atoms with Crippen LogP contribution < -0.4 is 4.74 Å². The van der Waals surface area contributed by atoms with Crippen LogP contribution in [0.3, 0.4) is 0 Å². The van der Waals surface area contributed by atoms with Gasteiger partial charge in [-0.1, -0.05) is 29.8 Å². The molecule has 0 unspecified atom stereocenters. The SMILES string of the molecule is COC(=O)c1ccc(Cl)cc1Oc1ccccc1. The molecule has 0 N–H and O–H groups in total. The number of carbonyl (C=O) groups excluding carboxylic acids is 1. The Morgan fingerprint density at radius 1 is 1.11 bits per heavy atom. The van der Waals surface area contributed by atoms with Gasteiger partial charge in [-0.3, -0.25) is 0 Å². The maximum Gasteiger partial charge on any atom is 0.341 e. The molecule has 0 radical (unpaired) electrons. The highest BCUT2D eigenvalue weighted by Crippen LogP contribution is 2.28. The van der Waals surface area contributed by atoms with Gasteiger partial charge >= 0.3 is 5.97 Å². The monoisotopic (exact) mass is 262 g/mol. The summed E-state index contributed by atoms with van der Waals surface area (Å²) in [6, 6.07) is 13.9. The molecule has 0 spiro atoms. The lowest BCUT2D eigenvalue weighted by molar-refractivity contribution is 0.0598. The van der Waals surface area contributed by atoms with Crippen molar-refractivity contribution in [1.82, 2.24) is 0 Å². The molecule has 18 heavy (non-hydrogen) atoms. The van der Waals surface area contributed by atoms with Crippen molar-refractivity contribution in [2.45, 2.75) is 0 Å². The lowest BCUT2D eigenvalue weighted by atomic mass is 10.2. The number of esters is 1. The van der Waals surface area contributed by atoms with Gasteiger partial charge in [-0.15, -0.1) is 0 Å². The molecule has 92 valence electrons. The van der Waals surface area contributed by atoms with Crippen LogP contribution in [-0.4, -0.2) is 13.1 Å². The summed E-state index contributed by atoms with van der Waals surface area (Å²) < 4.78 is 10.3. The van der Waals surface area contributed by atoms with E-state index in [2.05, 4.69) is 0 Å². The maximum atomic E-state index is 11.6. The second-order valence-corrected chi connectivity index (χ2v) is 3.98. The van der Waals surface area contributed by atoms with Crippen LogP contribution in [-0.2, 0) is 4.74 Å². The van der Waals surface area contributed by atoms with E-state index in [0.29, 0.717) is 22.1 Å². The highest BCUT2D eigenvalue weighted by Gasteiger charge is 2.14.